The first-order valence-electron chi connectivity index (χ1n) is 10.1. The predicted octanol–water partition coefficient (Wildman–Crippen LogP) is 3.49. The molecule has 8 heteroatoms. The van der Waals surface area contributed by atoms with Crippen LogP contribution in [0.4, 0.5) is 10.5 Å². The third-order valence-corrected chi connectivity index (χ3v) is 4.05. The summed E-state index contributed by atoms with van der Waals surface area (Å²) in [7, 11) is 1.60. The van der Waals surface area contributed by atoms with E-state index in [-0.39, 0.29) is 18.4 Å². The smallest absolute Gasteiger partial charge is 0.408 e. The van der Waals surface area contributed by atoms with Crippen molar-refractivity contribution in [3.8, 4) is 5.75 Å². The van der Waals surface area contributed by atoms with Crippen LogP contribution in [0.3, 0.4) is 0 Å². The van der Waals surface area contributed by atoms with Crippen LogP contribution < -0.4 is 20.7 Å². The van der Waals surface area contributed by atoms with Gasteiger partial charge in [0.1, 0.15) is 17.9 Å². The van der Waals surface area contributed by atoms with E-state index in [9.17, 15) is 14.4 Å². The molecule has 0 aromatic heterocycles. The Morgan fingerprint density at radius 3 is 2.19 bits per heavy atom. The van der Waals surface area contributed by atoms with Crippen LogP contribution >= 0.6 is 0 Å². The van der Waals surface area contributed by atoms with Crippen LogP contribution in [0.15, 0.2) is 54.6 Å². The molecule has 0 saturated carbocycles. The Bertz CT molecular complexity index is 945. The lowest BCUT2D eigenvalue weighted by Gasteiger charge is -2.19. The zero-order chi connectivity index (χ0) is 23.6. The fourth-order valence-corrected chi connectivity index (χ4v) is 2.51. The quantitative estimate of drug-likeness (QED) is 0.546. The first kappa shape index (κ1) is 24.5. The van der Waals surface area contributed by atoms with Crippen molar-refractivity contribution >= 4 is 29.7 Å². The fraction of sp³-hybridized carbons (Fsp3) is 0.292. The molecule has 0 atom stereocenters. The molecule has 2 aromatic carbocycles. The summed E-state index contributed by atoms with van der Waals surface area (Å²) >= 11 is 0. The molecule has 8 nitrogen and oxygen atoms in total. The number of carbonyl (C=O) groups is 3. The summed E-state index contributed by atoms with van der Waals surface area (Å²) in [6.07, 6.45) is 2.52. The standard InChI is InChI=1S/C24H29N3O5/c1-24(2,3)32-23(30)26-16-22(29)25-15-18-5-10-19(11-6-18)27-21(28)14-9-17-7-12-20(31-4)13-8-17/h5-14H,15-16H2,1-4H3,(H,25,29)(H,26,30)(H,27,28)/b14-9+. The molecule has 0 bridgehead atoms. The van der Waals surface area contributed by atoms with Gasteiger partial charge in [0.15, 0.2) is 0 Å². The molecule has 2 aromatic rings. The molecular weight excluding hydrogens is 410 g/mol. The number of nitrogens with one attached hydrogen (secondary N) is 3. The molecule has 3 N–H and O–H groups in total. The zero-order valence-corrected chi connectivity index (χ0v) is 18.7. The van der Waals surface area contributed by atoms with Crippen molar-refractivity contribution in [2.45, 2.75) is 32.9 Å². The minimum Gasteiger partial charge on any atom is -0.497 e. The summed E-state index contributed by atoms with van der Waals surface area (Å²) in [5.74, 6) is 0.161. The summed E-state index contributed by atoms with van der Waals surface area (Å²) in [5.41, 5.74) is 1.75. The first-order chi connectivity index (χ1) is 15.1. The largest absolute Gasteiger partial charge is 0.497 e. The number of hydrogen-bond donors (Lipinski definition) is 3. The Morgan fingerprint density at radius 1 is 0.938 bits per heavy atom. The van der Waals surface area contributed by atoms with Gasteiger partial charge in [-0.05, 0) is 62.2 Å². The van der Waals surface area contributed by atoms with Crippen molar-refractivity contribution in [3.05, 3.63) is 65.7 Å². The molecule has 2 rings (SSSR count). The van der Waals surface area contributed by atoms with Gasteiger partial charge in [-0.2, -0.15) is 0 Å². The Morgan fingerprint density at radius 2 is 1.59 bits per heavy atom. The third kappa shape index (κ3) is 9.34. The van der Waals surface area contributed by atoms with E-state index in [1.807, 2.05) is 24.3 Å². The highest BCUT2D eigenvalue weighted by atomic mass is 16.6. The maximum Gasteiger partial charge on any atom is 0.408 e. The molecule has 0 spiro atoms. The van der Waals surface area contributed by atoms with Crippen LogP contribution in [-0.2, 0) is 20.9 Å². The van der Waals surface area contributed by atoms with Crippen LogP contribution in [0.2, 0.25) is 0 Å². The number of alkyl carbamates (subject to hydrolysis) is 1. The Balaban J connectivity index is 1.75. The normalized spacial score (nSPS) is 11.0. The Hall–Kier alpha value is -3.81. The van der Waals surface area contributed by atoms with Gasteiger partial charge in [0.05, 0.1) is 7.11 Å². The van der Waals surface area contributed by atoms with Gasteiger partial charge in [-0.15, -0.1) is 0 Å². The van der Waals surface area contributed by atoms with Crippen LogP contribution in [-0.4, -0.2) is 37.2 Å². The van der Waals surface area contributed by atoms with E-state index < -0.39 is 11.7 Å². The number of amides is 3. The monoisotopic (exact) mass is 439 g/mol. The number of benzene rings is 2. The molecule has 0 fully saturated rings. The van der Waals surface area contributed by atoms with Crippen LogP contribution in [0.1, 0.15) is 31.9 Å². The molecule has 0 heterocycles. The molecule has 170 valence electrons. The molecule has 0 radical (unpaired) electrons. The molecular formula is C24H29N3O5. The zero-order valence-electron chi connectivity index (χ0n) is 18.7. The van der Waals surface area contributed by atoms with Crippen molar-refractivity contribution in [3.63, 3.8) is 0 Å². The summed E-state index contributed by atoms with van der Waals surface area (Å²) < 4.78 is 10.2. The van der Waals surface area contributed by atoms with Crippen LogP contribution in [0, 0.1) is 0 Å². The molecule has 3 amide bonds. The highest BCUT2D eigenvalue weighted by molar-refractivity contribution is 6.01. The molecule has 0 unspecified atom stereocenters. The minimum atomic E-state index is -0.645. The van der Waals surface area contributed by atoms with Crippen molar-refractivity contribution in [1.29, 1.82) is 0 Å². The number of ether oxygens (including phenoxy) is 2. The Labute approximate surface area is 188 Å². The van der Waals surface area contributed by atoms with Gasteiger partial charge in [-0.3, -0.25) is 9.59 Å². The maximum absolute atomic E-state index is 12.1. The second-order valence-corrected chi connectivity index (χ2v) is 7.92. The van der Waals surface area contributed by atoms with E-state index in [4.69, 9.17) is 9.47 Å². The van der Waals surface area contributed by atoms with Gasteiger partial charge in [0.25, 0.3) is 0 Å². The van der Waals surface area contributed by atoms with Gasteiger partial charge < -0.3 is 25.4 Å². The van der Waals surface area contributed by atoms with Crippen molar-refractivity contribution in [2.24, 2.45) is 0 Å². The number of hydrogen-bond acceptors (Lipinski definition) is 5. The summed E-state index contributed by atoms with van der Waals surface area (Å²) in [4.78, 5) is 35.5. The number of methoxy groups -OCH3 is 1. The van der Waals surface area contributed by atoms with Gasteiger partial charge in [0, 0.05) is 18.3 Å². The van der Waals surface area contributed by atoms with Gasteiger partial charge in [0.2, 0.25) is 11.8 Å². The molecule has 0 aliphatic heterocycles. The van der Waals surface area contributed by atoms with E-state index in [0.29, 0.717) is 12.2 Å². The summed E-state index contributed by atoms with van der Waals surface area (Å²) in [6, 6.07) is 14.4. The van der Waals surface area contributed by atoms with E-state index in [0.717, 1.165) is 16.9 Å². The maximum atomic E-state index is 12.1. The summed E-state index contributed by atoms with van der Waals surface area (Å²) in [6.45, 7) is 5.35. The van der Waals surface area contributed by atoms with Gasteiger partial charge >= 0.3 is 6.09 Å². The first-order valence-corrected chi connectivity index (χ1v) is 10.1. The van der Waals surface area contributed by atoms with E-state index in [2.05, 4.69) is 16.0 Å². The fourth-order valence-electron chi connectivity index (χ4n) is 2.51. The van der Waals surface area contributed by atoms with E-state index in [1.54, 1.807) is 58.2 Å². The molecule has 0 saturated heterocycles. The molecule has 32 heavy (non-hydrogen) atoms. The lowest BCUT2D eigenvalue weighted by atomic mass is 10.2. The third-order valence-electron chi connectivity index (χ3n) is 4.05. The SMILES string of the molecule is COc1ccc(/C=C/C(=O)Nc2ccc(CNC(=O)CNC(=O)OC(C)(C)C)cc2)cc1. The van der Waals surface area contributed by atoms with Crippen molar-refractivity contribution < 1.29 is 23.9 Å². The van der Waals surface area contributed by atoms with E-state index >= 15 is 0 Å². The van der Waals surface area contributed by atoms with Crippen LogP contribution in [0.5, 0.6) is 5.75 Å². The Kier molecular flexibility index (Phi) is 8.83. The topological polar surface area (TPSA) is 106 Å². The number of anilines is 1. The highest BCUT2D eigenvalue weighted by Crippen LogP contribution is 2.13. The lowest BCUT2D eigenvalue weighted by molar-refractivity contribution is -0.120. The molecule has 0 aliphatic carbocycles. The summed E-state index contributed by atoms with van der Waals surface area (Å²) in [5, 5.41) is 7.89. The van der Waals surface area contributed by atoms with Crippen molar-refractivity contribution in [2.75, 3.05) is 19.0 Å². The second kappa shape index (κ2) is 11.5. The highest BCUT2D eigenvalue weighted by Gasteiger charge is 2.16. The number of rotatable bonds is 8. The predicted molar refractivity (Wildman–Crippen MR) is 123 cm³/mol. The van der Waals surface area contributed by atoms with Crippen LogP contribution in [0.25, 0.3) is 6.08 Å². The molecule has 0 aliphatic rings. The van der Waals surface area contributed by atoms with Gasteiger partial charge in [-0.1, -0.05) is 24.3 Å². The second-order valence-electron chi connectivity index (χ2n) is 7.92. The average Bonchev–Trinajstić information content (AvgIpc) is 2.75. The van der Waals surface area contributed by atoms with Crippen molar-refractivity contribution in [1.82, 2.24) is 10.6 Å². The minimum absolute atomic E-state index is 0.177. The number of carbonyl (C=O) groups excluding carboxylic acids is 3. The van der Waals surface area contributed by atoms with Gasteiger partial charge in [-0.25, -0.2) is 4.79 Å². The van der Waals surface area contributed by atoms with E-state index in [1.165, 1.54) is 6.08 Å². The average molecular weight is 440 g/mol. The lowest BCUT2D eigenvalue weighted by Crippen LogP contribution is -2.39.